The minimum atomic E-state index is -0.476. The molecule has 7 nitrogen and oxygen atoms in total. The molecule has 2 aliphatic heterocycles. The van der Waals surface area contributed by atoms with Gasteiger partial charge in [-0.05, 0) is 49.6 Å². The summed E-state index contributed by atoms with van der Waals surface area (Å²) < 4.78 is 5.16. The molecule has 0 aliphatic carbocycles. The molecule has 0 aromatic carbocycles. The number of amides is 3. The van der Waals surface area contributed by atoms with Crippen LogP contribution in [-0.4, -0.2) is 57.7 Å². The molecular weight excluding hydrogens is 344 g/mol. The largest absolute Gasteiger partial charge is 0.465 e. The van der Waals surface area contributed by atoms with E-state index < -0.39 is 11.1 Å². The third-order valence-electron chi connectivity index (χ3n) is 4.39. The zero-order valence-corrected chi connectivity index (χ0v) is 14.5. The standard InChI is InChI=1S/C17H20N2O5S/c20-8-6-12-4-1-2-7-18(12)15(21)11-19-16(22)14(25-17(19)23)10-13-5-3-9-24-13/h3,5,9-10,12,20H,1-2,4,6-8,11H2. The predicted octanol–water partition coefficient (Wildman–Crippen LogP) is 2.08. The minimum Gasteiger partial charge on any atom is -0.465 e. The fourth-order valence-corrected chi connectivity index (χ4v) is 3.96. The van der Waals surface area contributed by atoms with Crippen molar-refractivity contribution in [2.24, 2.45) is 0 Å². The number of hydrogen-bond acceptors (Lipinski definition) is 6. The first kappa shape index (κ1) is 17.8. The highest BCUT2D eigenvalue weighted by atomic mass is 32.2. The number of imide groups is 1. The highest BCUT2D eigenvalue weighted by Crippen LogP contribution is 2.32. The first-order valence-corrected chi connectivity index (χ1v) is 9.11. The molecule has 2 aliphatic rings. The number of nitrogens with zero attached hydrogens (tertiary/aromatic N) is 2. The zero-order valence-electron chi connectivity index (χ0n) is 13.7. The monoisotopic (exact) mass is 364 g/mol. The Balaban J connectivity index is 1.68. The lowest BCUT2D eigenvalue weighted by Crippen LogP contribution is -2.49. The second-order valence-corrected chi connectivity index (χ2v) is 7.03. The van der Waals surface area contributed by atoms with E-state index in [1.165, 1.54) is 12.3 Å². The summed E-state index contributed by atoms with van der Waals surface area (Å²) >= 11 is 0.808. The number of carbonyl (C=O) groups excluding carboxylic acids is 3. The van der Waals surface area contributed by atoms with Crippen molar-refractivity contribution >= 4 is 34.9 Å². The molecule has 1 aromatic rings. The summed E-state index contributed by atoms with van der Waals surface area (Å²) in [6.45, 7) is 0.353. The lowest BCUT2D eigenvalue weighted by Gasteiger charge is -2.36. The van der Waals surface area contributed by atoms with E-state index in [4.69, 9.17) is 9.52 Å². The van der Waals surface area contributed by atoms with Gasteiger partial charge in [0.1, 0.15) is 12.3 Å². The summed E-state index contributed by atoms with van der Waals surface area (Å²) in [7, 11) is 0. The Labute approximate surface area is 149 Å². The first-order chi connectivity index (χ1) is 12.1. The Morgan fingerprint density at radius 1 is 1.40 bits per heavy atom. The van der Waals surface area contributed by atoms with Gasteiger partial charge in [0.15, 0.2) is 0 Å². The van der Waals surface area contributed by atoms with E-state index in [0.717, 1.165) is 35.9 Å². The zero-order chi connectivity index (χ0) is 17.8. The molecule has 0 spiro atoms. The topological polar surface area (TPSA) is 91.1 Å². The van der Waals surface area contributed by atoms with Crippen LogP contribution in [0.3, 0.4) is 0 Å². The van der Waals surface area contributed by atoms with Gasteiger partial charge in [0.05, 0.1) is 11.2 Å². The van der Waals surface area contributed by atoms with Gasteiger partial charge in [-0.2, -0.15) is 0 Å². The molecule has 8 heteroatoms. The van der Waals surface area contributed by atoms with Gasteiger partial charge < -0.3 is 14.4 Å². The maximum atomic E-state index is 12.6. The summed E-state index contributed by atoms with van der Waals surface area (Å²) in [4.78, 5) is 40.1. The van der Waals surface area contributed by atoms with Gasteiger partial charge >= 0.3 is 0 Å². The van der Waals surface area contributed by atoms with Crippen LogP contribution in [0, 0.1) is 0 Å². The summed E-state index contributed by atoms with van der Waals surface area (Å²) in [5.41, 5.74) is 0. The van der Waals surface area contributed by atoms with Crippen molar-refractivity contribution in [2.45, 2.75) is 31.7 Å². The van der Waals surface area contributed by atoms with E-state index in [1.54, 1.807) is 17.0 Å². The van der Waals surface area contributed by atoms with Crippen LogP contribution in [0.25, 0.3) is 6.08 Å². The third-order valence-corrected chi connectivity index (χ3v) is 5.30. The quantitative estimate of drug-likeness (QED) is 0.805. The van der Waals surface area contributed by atoms with Gasteiger partial charge in [-0.3, -0.25) is 19.3 Å². The maximum Gasteiger partial charge on any atom is 0.294 e. The van der Waals surface area contributed by atoms with E-state index >= 15 is 0 Å². The Kier molecular flexibility index (Phi) is 5.60. The van der Waals surface area contributed by atoms with Crippen molar-refractivity contribution < 1.29 is 23.9 Å². The van der Waals surface area contributed by atoms with Crippen LogP contribution in [0.5, 0.6) is 0 Å². The number of piperidine rings is 1. The minimum absolute atomic E-state index is 0.0158. The van der Waals surface area contributed by atoms with Gasteiger partial charge in [0.2, 0.25) is 5.91 Å². The van der Waals surface area contributed by atoms with Gasteiger partial charge in [-0.25, -0.2) is 0 Å². The van der Waals surface area contributed by atoms with Crippen LogP contribution in [0.4, 0.5) is 4.79 Å². The molecule has 1 N–H and O–H groups in total. The number of thioether (sulfide) groups is 1. The number of aliphatic hydroxyl groups is 1. The number of carbonyl (C=O) groups is 3. The van der Waals surface area contributed by atoms with E-state index in [1.807, 2.05) is 0 Å². The SMILES string of the molecule is O=C1SC(=Cc2ccco2)C(=O)N1CC(=O)N1CCCCC1CCO. The Morgan fingerprint density at radius 2 is 2.24 bits per heavy atom. The van der Waals surface area contributed by atoms with Crippen molar-refractivity contribution in [3.63, 3.8) is 0 Å². The average molecular weight is 364 g/mol. The molecule has 3 amide bonds. The van der Waals surface area contributed by atoms with E-state index in [0.29, 0.717) is 18.7 Å². The summed E-state index contributed by atoms with van der Waals surface area (Å²) in [5, 5.41) is 8.72. The molecule has 0 saturated carbocycles. The second-order valence-electron chi connectivity index (χ2n) is 6.03. The molecule has 134 valence electrons. The van der Waals surface area contributed by atoms with Crippen molar-refractivity contribution in [2.75, 3.05) is 19.7 Å². The summed E-state index contributed by atoms with van der Waals surface area (Å²) in [6.07, 6.45) is 6.26. The lowest BCUT2D eigenvalue weighted by atomic mass is 9.99. The van der Waals surface area contributed by atoms with Gasteiger partial charge in [-0.15, -0.1) is 0 Å². The van der Waals surface area contributed by atoms with Gasteiger partial charge in [0, 0.05) is 25.3 Å². The molecule has 0 bridgehead atoms. The second kappa shape index (κ2) is 7.88. The van der Waals surface area contributed by atoms with E-state index in [9.17, 15) is 14.4 Å². The van der Waals surface area contributed by atoms with Crippen LogP contribution in [0.1, 0.15) is 31.4 Å². The molecule has 25 heavy (non-hydrogen) atoms. The lowest BCUT2D eigenvalue weighted by molar-refractivity contribution is -0.139. The number of rotatable bonds is 5. The van der Waals surface area contributed by atoms with Crippen LogP contribution >= 0.6 is 11.8 Å². The molecule has 2 saturated heterocycles. The van der Waals surface area contributed by atoms with Crippen molar-refractivity contribution in [1.82, 2.24) is 9.80 Å². The average Bonchev–Trinajstić information content (AvgIpc) is 3.20. The summed E-state index contributed by atoms with van der Waals surface area (Å²) in [6, 6.07) is 3.36. The number of hydrogen-bond donors (Lipinski definition) is 1. The molecule has 0 radical (unpaired) electrons. The Bertz CT molecular complexity index is 683. The number of aliphatic hydroxyl groups excluding tert-OH is 1. The Hall–Kier alpha value is -2.06. The van der Waals surface area contributed by atoms with Crippen LogP contribution in [0.15, 0.2) is 27.7 Å². The van der Waals surface area contributed by atoms with Crippen LogP contribution < -0.4 is 0 Å². The van der Waals surface area contributed by atoms with Gasteiger partial charge in [-0.1, -0.05) is 0 Å². The van der Waals surface area contributed by atoms with Crippen molar-refractivity contribution in [1.29, 1.82) is 0 Å². The molecule has 1 aromatic heterocycles. The van der Waals surface area contributed by atoms with Crippen molar-refractivity contribution in [3.05, 3.63) is 29.1 Å². The van der Waals surface area contributed by atoms with Crippen LogP contribution in [-0.2, 0) is 9.59 Å². The summed E-state index contributed by atoms with van der Waals surface area (Å²) in [5.74, 6) is -0.244. The normalized spacial score (nSPS) is 22.9. The first-order valence-electron chi connectivity index (χ1n) is 8.29. The predicted molar refractivity (Wildman–Crippen MR) is 92.4 cm³/mol. The maximum absolute atomic E-state index is 12.6. The van der Waals surface area contributed by atoms with Crippen molar-refractivity contribution in [3.8, 4) is 0 Å². The molecule has 1 atom stereocenters. The highest BCUT2D eigenvalue weighted by Gasteiger charge is 2.38. The Morgan fingerprint density at radius 3 is 2.96 bits per heavy atom. The van der Waals surface area contributed by atoms with E-state index in [2.05, 4.69) is 0 Å². The third kappa shape index (κ3) is 3.96. The molecular formula is C17H20N2O5S. The smallest absolute Gasteiger partial charge is 0.294 e. The van der Waals surface area contributed by atoms with Crippen LogP contribution in [0.2, 0.25) is 0 Å². The number of furan rings is 1. The molecule has 1 unspecified atom stereocenters. The highest BCUT2D eigenvalue weighted by molar-refractivity contribution is 8.18. The molecule has 3 rings (SSSR count). The molecule has 2 fully saturated rings. The van der Waals surface area contributed by atoms with Gasteiger partial charge in [0.25, 0.3) is 11.1 Å². The molecule has 3 heterocycles. The fourth-order valence-electron chi connectivity index (χ4n) is 3.14. The number of likely N-dealkylation sites (tertiary alicyclic amines) is 1. The van der Waals surface area contributed by atoms with E-state index in [-0.39, 0.29) is 30.0 Å². The fraction of sp³-hybridized carbons (Fsp3) is 0.471.